The molecule has 108 valence electrons. The Labute approximate surface area is 117 Å². The van der Waals surface area contributed by atoms with Crippen molar-refractivity contribution in [3.8, 4) is 0 Å². The lowest BCUT2D eigenvalue weighted by atomic mass is 10.4. The largest absolute Gasteiger partial charge is 0.367 e. The fraction of sp³-hybridized carbons (Fsp3) is 0.500. The molecule has 1 aliphatic rings. The highest BCUT2D eigenvalue weighted by molar-refractivity contribution is 7.89. The Morgan fingerprint density at radius 3 is 3.05 bits per heavy atom. The van der Waals surface area contributed by atoms with Crippen LogP contribution in [0.4, 0.5) is 5.82 Å². The molecule has 1 fully saturated rings. The van der Waals surface area contributed by atoms with Gasteiger partial charge in [-0.05, 0) is 19.4 Å². The zero-order valence-electron chi connectivity index (χ0n) is 11.3. The van der Waals surface area contributed by atoms with E-state index < -0.39 is 10.0 Å². The zero-order chi connectivity index (χ0) is 14.2. The summed E-state index contributed by atoms with van der Waals surface area (Å²) in [6.07, 6.45) is 4.19. The Kier molecular flexibility index (Phi) is 3.35. The first-order valence-electron chi connectivity index (χ1n) is 6.59. The molecule has 0 saturated carbocycles. The second-order valence-corrected chi connectivity index (χ2v) is 6.98. The molecule has 1 aliphatic heterocycles. The van der Waals surface area contributed by atoms with E-state index in [0.717, 1.165) is 23.4 Å². The smallest absolute Gasteiger partial charge is 0.214 e. The first kappa shape index (κ1) is 13.3. The van der Waals surface area contributed by atoms with E-state index in [-0.39, 0.29) is 5.75 Å². The van der Waals surface area contributed by atoms with E-state index >= 15 is 0 Å². The van der Waals surface area contributed by atoms with Crippen molar-refractivity contribution in [2.75, 3.05) is 30.7 Å². The number of rotatable bonds is 4. The zero-order valence-corrected chi connectivity index (χ0v) is 12.1. The van der Waals surface area contributed by atoms with Gasteiger partial charge in [-0.2, -0.15) is 5.10 Å². The molecule has 1 N–H and O–H groups in total. The van der Waals surface area contributed by atoms with Gasteiger partial charge in [0.15, 0.2) is 5.82 Å². The van der Waals surface area contributed by atoms with Gasteiger partial charge in [0.25, 0.3) is 0 Å². The van der Waals surface area contributed by atoms with E-state index in [1.54, 1.807) is 16.9 Å². The van der Waals surface area contributed by atoms with Crippen LogP contribution in [-0.2, 0) is 10.0 Å². The standard InChI is InChI=1S/C12H17N5O2S/c1-10-9-11-12(14-4-7-17(11)15-10)13-3-6-16-5-2-8-20(16,18)19/h4,7,9H,2-3,5-6,8H2,1H3,(H,13,14). The molecule has 20 heavy (non-hydrogen) atoms. The average molecular weight is 295 g/mol. The molecule has 7 nitrogen and oxygen atoms in total. The second-order valence-electron chi connectivity index (χ2n) is 4.89. The van der Waals surface area contributed by atoms with Crippen molar-refractivity contribution in [2.24, 2.45) is 0 Å². The lowest BCUT2D eigenvalue weighted by molar-refractivity contribution is 0.456. The molecule has 8 heteroatoms. The van der Waals surface area contributed by atoms with E-state index in [4.69, 9.17) is 0 Å². The number of anilines is 1. The lowest BCUT2D eigenvalue weighted by Crippen LogP contribution is -2.30. The molecule has 0 spiro atoms. The molecule has 3 heterocycles. The van der Waals surface area contributed by atoms with Crippen LogP contribution in [0.2, 0.25) is 0 Å². The van der Waals surface area contributed by atoms with Crippen LogP contribution in [0.15, 0.2) is 18.5 Å². The minimum atomic E-state index is -3.02. The van der Waals surface area contributed by atoms with Crippen LogP contribution in [0.3, 0.4) is 0 Å². The number of hydrogen-bond donors (Lipinski definition) is 1. The SMILES string of the molecule is Cc1cc2c(NCCN3CCCS3(=O)=O)nccn2n1. The normalized spacial score (nSPS) is 18.6. The molecular formula is C12H17N5O2S. The molecule has 0 amide bonds. The van der Waals surface area contributed by atoms with Crippen molar-refractivity contribution >= 4 is 21.4 Å². The number of aromatic nitrogens is 3. The van der Waals surface area contributed by atoms with Gasteiger partial charge in [0.1, 0.15) is 5.52 Å². The third kappa shape index (κ3) is 2.48. The van der Waals surface area contributed by atoms with Crippen molar-refractivity contribution in [1.29, 1.82) is 0 Å². The number of fused-ring (bicyclic) bond motifs is 1. The van der Waals surface area contributed by atoms with E-state index in [2.05, 4.69) is 15.4 Å². The van der Waals surface area contributed by atoms with E-state index in [1.165, 1.54) is 4.31 Å². The molecule has 0 unspecified atom stereocenters. The first-order chi connectivity index (χ1) is 9.56. The van der Waals surface area contributed by atoms with Crippen molar-refractivity contribution in [2.45, 2.75) is 13.3 Å². The Balaban J connectivity index is 1.68. The summed E-state index contributed by atoms with van der Waals surface area (Å²) in [6.45, 7) is 3.55. The number of nitrogens with one attached hydrogen (secondary N) is 1. The van der Waals surface area contributed by atoms with Crippen molar-refractivity contribution in [1.82, 2.24) is 18.9 Å². The molecule has 2 aromatic rings. The van der Waals surface area contributed by atoms with E-state index in [0.29, 0.717) is 19.6 Å². The van der Waals surface area contributed by atoms with Gasteiger partial charge in [-0.25, -0.2) is 22.2 Å². The molecular weight excluding hydrogens is 278 g/mol. The summed E-state index contributed by atoms with van der Waals surface area (Å²) in [6, 6.07) is 1.95. The van der Waals surface area contributed by atoms with Gasteiger partial charge >= 0.3 is 0 Å². The fourth-order valence-electron chi connectivity index (χ4n) is 2.42. The highest BCUT2D eigenvalue weighted by atomic mass is 32.2. The fourth-order valence-corrected chi connectivity index (χ4v) is 3.95. The molecule has 0 aromatic carbocycles. The quantitative estimate of drug-likeness (QED) is 0.888. The summed E-state index contributed by atoms with van der Waals surface area (Å²) in [4.78, 5) is 4.28. The summed E-state index contributed by atoms with van der Waals surface area (Å²) in [5.74, 6) is 0.993. The van der Waals surface area contributed by atoms with Crippen LogP contribution in [0, 0.1) is 6.92 Å². The Hall–Kier alpha value is -1.67. The summed E-state index contributed by atoms with van der Waals surface area (Å²) in [7, 11) is -3.02. The summed E-state index contributed by atoms with van der Waals surface area (Å²) in [5, 5.41) is 7.50. The minimum Gasteiger partial charge on any atom is -0.367 e. The third-order valence-electron chi connectivity index (χ3n) is 3.37. The highest BCUT2D eigenvalue weighted by Gasteiger charge is 2.27. The monoisotopic (exact) mass is 295 g/mol. The Morgan fingerprint density at radius 1 is 1.45 bits per heavy atom. The van der Waals surface area contributed by atoms with Gasteiger partial charge in [0, 0.05) is 32.0 Å². The molecule has 0 radical (unpaired) electrons. The highest BCUT2D eigenvalue weighted by Crippen LogP contribution is 2.15. The Bertz CT molecular complexity index is 725. The van der Waals surface area contributed by atoms with Crippen molar-refractivity contribution in [3.05, 3.63) is 24.2 Å². The van der Waals surface area contributed by atoms with E-state index in [1.807, 2.05) is 13.0 Å². The number of aryl methyl sites for hydroxylation is 1. The molecule has 2 aromatic heterocycles. The van der Waals surface area contributed by atoms with Gasteiger partial charge in [-0.15, -0.1) is 0 Å². The molecule has 0 bridgehead atoms. The van der Waals surface area contributed by atoms with Crippen LogP contribution in [0.5, 0.6) is 0 Å². The maximum absolute atomic E-state index is 11.7. The maximum atomic E-state index is 11.7. The van der Waals surface area contributed by atoms with Crippen LogP contribution in [0.1, 0.15) is 12.1 Å². The van der Waals surface area contributed by atoms with E-state index in [9.17, 15) is 8.42 Å². The van der Waals surface area contributed by atoms with Gasteiger partial charge in [-0.3, -0.25) is 0 Å². The second kappa shape index (κ2) is 5.02. The number of hydrogen-bond acceptors (Lipinski definition) is 5. The number of nitrogens with zero attached hydrogens (tertiary/aromatic N) is 4. The maximum Gasteiger partial charge on any atom is 0.214 e. The van der Waals surface area contributed by atoms with Crippen LogP contribution in [-0.4, -0.2) is 52.7 Å². The third-order valence-corrected chi connectivity index (χ3v) is 5.33. The Morgan fingerprint density at radius 2 is 2.30 bits per heavy atom. The van der Waals surface area contributed by atoms with Crippen LogP contribution >= 0.6 is 0 Å². The predicted molar refractivity (Wildman–Crippen MR) is 76.2 cm³/mol. The number of sulfonamides is 1. The minimum absolute atomic E-state index is 0.267. The van der Waals surface area contributed by atoms with Gasteiger partial charge in [-0.1, -0.05) is 0 Å². The lowest BCUT2D eigenvalue weighted by Gasteiger charge is -2.14. The molecule has 0 atom stereocenters. The average Bonchev–Trinajstić information content (AvgIpc) is 2.92. The summed E-state index contributed by atoms with van der Waals surface area (Å²) < 4.78 is 26.7. The molecule has 3 rings (SSSR count). The first-order valence-corrected chi connectivity index (χ1v) is 8.20. The predicted octanol–water partition coefficient (Wildman–Crippen LogP) is 0.485. The van der Waals surface area contributed by atoms with Crippen molar-refractivity contribution < 1.29 is 8.42 Å². The topological polar surface area (TPSA) is 79.6 Å². The van der Waals surface area contributed by atoms with Gasteiger partial charge in [0.05, 0.1) is 11.4 Å². The van der Waals surface area contributed by atoms with Crippen molar-refractivity contribution in [3.63, 3.8) is 0 Å². The van der Waals surface area contributed by atoms with Gasteiger partial charge < -0.3 is 5.32 Å². The van der Waals surface area contributed by atoms with Crippen LogP contribution in [0.25, 0.3) is 5.52 Å². The summed E-state index contributed by atoms with van der Waals surface area (Å²) in [5.41, 5.74) is 1.82. The van der Waals surface area contributed by atoms with Crippen LogP contribution < -0.4 is 5.32 Å². The molecule has 0 aliphatic carbocycles. The molecule has 1 saturated heterocycles. The van der Waals surface area contributed by atoms with Gasteiger partial charge in [0.2, 0.25) is 10.0 Å². The summed E-state index contributed by atoms with van der Waals surface area (Å²) >= 11 is 0.